The fourth-order valence-electron chi connectivity index (χ4n) is 1.36. The molecule has 0 aliphatic heterocycles. The number of rotatable bonds is 4. The van der Waals surface area contributed by atoms with Crippen LogP contribution < -0.4 is 5.73 Å². The summed E-state index contributed by atoms with van der Waals surface area (Å²) in [4.78, 5) is 0. The van der Waals surface area contributed by atoms with Crippen LogP contribution in [-0.4, -0.2) is 19.3 Å². The monoisotopic (exact) mass is 205 g/mol. The third-order valence-electron chi connectivity index (χ3n) is 2.86. The molecule has 0 radical (unpaired) electrons. The normalized spacial score (nSPS) is 16.1. The Balaban J connectivity index is 2.93. The van der Waals surface area contributed by atoms with E-state index >= 15 is 0 Å². The Morgan fingerprint density at radius 1 is 1.40 bits per heavy atom. The number of benzene rings is 1. The van der Waals surface area contributed by atoms with Crippen molar-refractivity contribution in [2.75, 3.05) is 13.7 Å². The lowest BCUT2D eigenvalue weighted by Gasteiger charge is -2.27. The molecule has 0 spiro atoms. The van der Waals surface area contributed by atoms with Gasteiger partial charge in [-0.3, -0.25) is 0 Å². The first-order valence-electron chi connectivity index (χ1n) is 5.11. The number of hydrogen-bond donors (Lipinski definition) is 1. The summed E-state index contributed by atoms with van der Waals surface area (Å²) in [5.74, 6) is 0. The second-order valence-electron chi connectivity index (χ2n) is 3.88. The largest absolute Gasteiger partial charge is 0.373 e. The van der Waals surface area contributed by atoms with Gasteiger partial charge in [-0.25, -0.2) is 0 Å². The maximum atomic E-state index is 5.71. The molecule has 2 N–H and O–H groups in total. The lowest BCUT2D eigenvalue weighted by molar-refractivity contribution is 0.0470. The second kappa shape index (κ2) is 5.10. The average molecular weight is 205 g/mol. The van der Waals surface area contributed by atoms with Crippen molar-refractivity contribution in [3.8, 4) is 0 Å². The van der Waals surface area contributed by atoms with Gasteiger partial charge >= 0.3 is 0 Å². The number of hydrogen-bond acceptors (Lipinski definition) is 2. The van der Waals surface area contributed by atoms with Crippen molar-refractivity contribution >= 4 is 6.08 Å². The van der Waals surface area contributed by atoms with Crippen molar-refractivity contribution in [2.45, 2.75) is 19.4 Å². The first-order chi connectivity index (χ1) is 7.12. The van der Waals surface area contributed by atoms with E-state index in [2.05, 4.69) is 18.2 Å². The Bertz CT molecular complexity index is 326. The lowest BCUT2D eigenvalue weighted by atomic mass is 9.95. The van der Waals surface area contributed by atoms with Crippen LogP contribution in [0.3, 0.4) is 0 Å². The maximum Gasteiger partial charge on any atom is 0.0981 e. The Morgan fingerprint density at radius 3 is 2.47 bits per heavy atom. The number of methoxy groups -OCH3 is 1. The molecule has 82 valence electrons. The first-order valence-corrected chi connectivity index (χ1v) is 5.11. The molecule has 0 fully saturated rings. The van der Waals surface area contributed by atoms with Crippen LogP contribution in [0.1, 0.15) is 19.4 Å². The third-order valence-corrected chi connectivity index (χ3v) is 2.86. The molecule has 1 aromatic rings. The van der Waals surface area contributed by atoms with E-state index in [9.17, 15) is 0 Å². The molecule has 0 aromatic heterocycles. The molecule has 0 saturated carbocycles. The molecule has 15 heavy (non-hydrogen) atoms. The molecule has 2 heteroatoms. The van der Waals surface area contributed by atoms with Crippen LogP contribution in [-0.2, 0) is 4.74 Å². The van der Waals surface area contributed by atoms with E-state index in [1.165, 1.54) is 5.56 Å². The molecule has 0 heterocycles. The van der Waals surface area contributed by atoms with Crippen LogP contribution in [0, 0.1) is 0 Å². The standard InChI is InChI=1S/C13H19NO/c1-11(13(2,10-14)15-3)9-12-7-5-4-6-8-12/h4-9H,10,14H2,1-3H3/b11-9+. The molecule has 0 amide bonds. The summed E-state index contributed by atoms with van der Waals surface area (Å²) in [5.41, 5.74) is 7.65. The van der Waals surface area contributed by atoms with Gasteiger partial charge in [-0.05, 0) is 25.0 Å². The molecular weight excluding hydrogens is 186 g/mol. The number of ether oxygens (including phenoxy) is 1. The van der Waals surface area contributed by atoms with E-state index in [-0.39, 0.29) is 5.60 Å². The summed E-state index contributed by atoms with van der Waals surface area (Å²) in [5, 5.41) is 0. The number of nitrogens with two attached hydrogens (primary N) is 1. The predicted molar refractivity (Wildman–Crippen MR) is 64.6 cm³/mol. The molecule has 1 aromatic carbocycles. The third kappa shape index (κ3) is 2.91. The van der Waals surface area contributed by atoms with Crippen LogP contribution in [0.2, 0.25) is 0 Å². The molecule has 1 unspecified atom stereocenters. The van der Waals surface area contributed by atoms with Crippen LogP contribution >= 0.6 is 0 Å². The minimum Gasteiger partial charge on any atom is -0.373 e. The summed E-state index contributed by atoms with van der Waals surface area (Å²) in [7, 11) is 1.69. The zero-order valence-corrected chi connectivity index (χ0v) is 9.66. The van der Waals surface area contributed by atoms with Gasteiger partial charge < -0.3 is 10.5 Å². The van der Waals surface area contributed by atoms with Crippen LogP contribution in [0.5, 0.6) is 0 Å². The fraction of sp³-hybridized carbons (Fsp3) is 0.385. The van der Waals surface area contributed by atoms with Gasteiger partial charge in [-0.1, -0.05) is 36.4 Å². The summed E-state index contributed by atoms with van der Waals surface area (Å²) >= 11 is 0. The van der Waals surface area contributed by atoms with E-state index in [1.54, 1.807) is 7.11 Å². The van der Waals surface area contributed by atoms with Gasteiger partial charge in [0, 0.05) is 13.7 Å². The maximum absolute atomic E-state index is 5.71. The predicted octanol–water partition coefficient (Wildman–Crippen LogP) is 2.45. The fourth-order valence-corrected chi connectivity index (χ4v) is 1.36. The zero-order chi connectivity index (χ0) is 11.3. The molecular formula is C13H19NO. The molecule has 0 bridgehead atoms. The lowest BCUT2D eigenvalue weighted by Crippen LogP contribution is -2.37. The molecule has 0 saturated heterocycles. The highest BCUT2D eigenvalue weighted by Gasteiger charge is 2.23. The molecule has 0 aliphatic rings. The van der Waals surface area contributed by atoms with Gasteiger partial charge in [0.2, 0.25) is 0 Å². The van der Waals surface area contributed by atoms with Gasteiger partial charge in [0.05, 0.1) is 5.60 Å². The van der Waals surface area contributed by atoms with Crippen LogP contribution in [0.4, 0.5) is 0 Å². The SMILES string of the molecule is COC(C)(CN)/C(C)=C/c1ccccc1. The van der Waals surface area contributed by atoms with Crippen molar-refractivity contribution < 1.29 is 4.74 Å². The molecule has 0 aliphatic carbocycles. The highest BCUT2D eigenvalue weighted by atomic mass is 16.5. The minimum atomic E-state index is -0.365. The van der Waals surface area contributed by atoms with Crippen LogP contribution in [0.15, 0.2) is 35.9 Å². The summed E-state index contributed by atoms with van der Waals surface area (Å²) in [6.45, 7) is 4.53. The molecule has 1 atom stereocenters. The van der Waals surface area contributed by atoms with Gasteiger partial charge in [0.15, 0.2) is 0 Å². The average Bonchev–Trinajstić information content (AvgIpc) is 2.29. The highest BCUT2D eigenvalue weighted by Crippen LogP contribution is 2.21. The topological polar surface area (TPSA) is 35.2 Å². The van der Waals surface area contributed by atoms with Crippen molar-refractivity contribution in [1.29, 1.82) is 0 Å². The van der Waals surface area contributed by atoms with Crippen LogP contribution in [0.25, 0.3) is 6.08 Å². The zero-order valence-electron chi connectivity index (χ0n) is 9.66. The van der Waals surface area contributed by atoms with Gasteiger partial charge in [-0.2, -0.15) is 0 Å². The quantitative estimate of drug-likeness (QED) is 0.819. The Kier molecular flexibility index (Phi) is 4.06. The van der Waals surface area contributed by atoms with E-state index in [0.29, 0.717) is 6.54 Å². The summed E-state index contributed by atoms with van der Waals surface area (Å²) < 4.78 is 5.43. The van der Waals surface area contributed by atoms with Crippen molar-refractivity contribution in [2.24, 2.45) is 5.73 Å². The van der Waals surface area contributed by atoms with Crippen molar-refractivity contribution in [3.05, 3.63) is 41.5 Å². The van der Waals surface area contributed by atoms with E-state index in [1.807, 2.05) is 32.0 Å². The van der Waals surface area contributed by atoms with Gasteiger partial charge in [0.1, 0.15) is 0 Å². The Morgan fingerprint density at radius 2 is 2.00 bits per heavy atom. The summed E-state index contributed by atoms with van der Waals surface area (Å²) in [6.07, 6.45) is 2.11. The van der Waals surface area contributed by atoms with Gasteiger partial charge in [0.25, 0.3) is 0 Å². The Hall–Kier alpha value is -1.12. The second-order valence-corrected chi connectivity index (χ2v) is 3.88. The van der Waals surface area contributed by atoms with Crippen molar-refractivity contribution in [3.63, 3.8) is 0 Å². The molecule has 1 rings (SSSR count). The Labute approximate surface area is 91.7 Å². The molecule has 2 nitrogen and oxygen atoms in total. The van der Waals surface area contributed by atoms with Gasteiger partial charge in [-0.15, -0.1) is 0 Å². The highest BCUT2D eigenvalue weighted by molar-refractivity contribution is 5.54. The minimum absolute atomic E-state index is 0.365. The van der Waals surface area contributed by atoms with E-state index < -0.39 is 0 Å². The van der Waals surface area contributed by atoms with Crippen molar-refractivity contribution in [1.82, 2.24) is 0 Å². The van der Waals surface area contributed by atoms with E-state index in [0.717, 1.165) is 5.57 Å². The summed E-state index contributed by atoms with van der Waals surface area (Å²) in [6, 6.07) is 10.2. The smallest absolute Gasteiger partial charge is 0.0981 e. The first kappa shape index (κ1) is 12.0. The van der Waals surface area contributed by atoms with E-state index in [4.69, 9.17) is 10.5 Å².